The lowest BCUT2D eigenvalue weighted by Crippen LogP contribution is -2.23. The van der Waals surface area contributed by atoms with Gasteiger partial charge in [-0.25, -0.2) is 4.98 Å². The first-order valence-electron chi connectivity index (χ1n) is 6.42. The summed E-state index contributed by atoms with van der Waals surface area (Å²) in [5.74, 6) is -0.364. The van der Waals surface area contributed by atoms with Gasteiger partial charge in [-0.15, -0.1) is 11.3 Å². The minimum Gasteiger partial charge on any atom is -0.469 e. The Hall–Kier alpha value is -2.21. The maximum atomic E-state index is 11.4. The van der Waals surface area contributed by atoms with Crippen LogP contribution >= 0.6 is 11.3 Å². The number of aryl methyl sites for hydroxylation is 1. The zero-order chi connectivity index (χ0) is 15.2. The molecule has 6 heteroatoms. The molecule has 2 aromatic rings. The molecule has 0 spiro atoms. The number of ether oxygens (including phenoxy) is 1. The zero-order valence-corrected chi connectivity index (χ0v) is 12.6. The van der Waals surface area contributed by atoms with Gasteiger partial charge >= 0.3 is 5.97 Å². The Morgan fingerprint density at radius 3 is 2.67 bits per heavy atom. The third kappa shape index (κ3) is 3.66. The highest BCUT2D eigenvalue weighted by molar-refractivity contribution is 7.13. The number of nitrogens with zero attached hydrogens (tertiary/aromatic N) is 1. The Kier molecular flexibility index (Phi) is 5.05. The quantitative estimate of drug-likeness (QED) is 0.657. The average molecular weight is 304 g/mol. The molecule has 0 aliphatic heterocycles. The molecule has 2 rings (SSSR count). The van der Waals surface area contributed by atoms with Crippen LogP contribution in [0.5, 0.6) is 0 Å². The molecule has 21 heavy (non-hydrogen) atoms. The number of esters is 1. The van der Waals surface area contributed by atoms with Crippen molar-refractivity contribution >= 4 is 23.7 Å². The molecule has 1 aromatic carbocycles. The lowest BCUT2D eigenvalue weighted by atomic mass is 10.0. The third-order valence-corrected chi connectivity index (χ3v) is 4.17. The Labute approximate surface area is 127 Å². The van der Waals surface area contributed by atoms with Gasteiger partial charge in [-0.3, -0.25) is 9.59 Å². The van der Waals surface area contributed by atoms with E-state index in [1.165, 1.54) is 7.11 Å². The molecular formula is C15H16N2O3S. The summed E-state index contributed by atoms with van der Waals surface area (Å²) in [4.78, 5) is 27.4. The lowest BCUT2D eigenvalue weighted by molar-refractivity contribution is -0.141. The van der Waals surface area contributed by atoms with E-state index in [2.05, 4.69) is 15.0 Å². The zero-order valence-electron chi connectivity index (χ0n) is 11.8. The number of carbonyl (C=O) groups excluding carboxylic acids is 2. The highest BCUT2D eigenvalue weighted by atomic mass is 32.1. The number of hydrogen-bond acceptors (Lipinski definition) is 5. The summed E-state index contributed by atoms with van der Waals surface area (Å²) < 4.78 is 4.65. The largest absolute Gasteiger partial charge is 0.469 e. The molecule has 0 saturated carbocycles. The molecule has 1 N–H and O–H groups in total. The van der Waals surface area contributed by atoms with Gasteiger partial charge < -0.3 is 10.1 Å². The Balaban J connectivity index is 2.21. The number of benzene rings is 1. The Morgan fingerprint density at radius 1 is 1.43 bits per heavy atom. The summed E-state index contributed by atoms with van der Waals surface area (Å²) in [7, 11) is 1.33. The van der Waals surface area contributed by atoms with Gasteiger partial charge in [0.05, 0.1) is 35.7 Å². The number of nitrogens with one attached hydrogen (secondary N) is 1. The van der Waals surface area contributed by atoms with Crippen molar-refractivity contribution in [2.75, 3.05) is 7.11 Å². The fraction of sp³-hybridized carbons (Fsp3) is 0.267. The standard InChI is InChI=1S/C15H16N2O3S/c1-10-15(21-9-17-10)12-5-3-11(4-6-12)13(16-8-18)7-14(19)20-2/h3-6,8-9,13H,7H2,1-2H3,(H,16,18). The third-order valence-electron chi connectivity index (χ3n) is 3.19. The molecular weight excluding hydrogens is 288 g/mol. The molecule has 0 bridgehead atoms. The first-order chi connectivity index (χ1) is 10.2. The number of aromatic nitrogens is 1. The van der Waals surface area contributed by atoms with Gasteiger partial charge in [0.1, 0.15) is 0 Å². The van der Waals surface area contributed by atoms with Crippen LogP contribution in [0.4, 0.5) is 0 Å². The van der Waals surface area contributed by atoms with Crippen LogP contribution in [0.25, 0.3) is 10.4 Å². The van der Waals surface area contributed by atoms with Crippen molar-refractivity contribution in [3.8, 4) is 10.4 Å². The highest BCUT2D eigenvalue weighted by Crippen LogP contribution is 2.28. The molecule has 1 unspecified atom stereocenters. The normalized spacial score (nSPS) is 11.7. The van der Waals surface area contributed by atoms with Gasteiger partial charge in [0.2, 0.25) is 6.41 Å². The van der Waals surface area contributed by atoms with Gasteiger partial charge in [-0.2, -0.15) is 0 Å². The fourth-order valence-electron chi connectivity index (χ4n) is 2.05. The fourth-order valence-corrected chi connectivity index (χ4v) is 2.86. The molecule has 1 atom stereocenters. The molecule has 0 fully saturated rings. The van der Waals surface area contributed by atoms with Crippen LogP contribution in [-0.4, -0.2) is 24.5 Å². The number of hydrogen-bond donors (Lipinski definition) is 1. The van der Waals surface area contributed by atoms with Crippen molar-refractivity contribution < 1.29 is 14.3 Å². The Bertz CT molecular complexity index is 622. The van der Waals surface area contributed by atoms with E-state index in [0.717, 1.165) is 21.7 Å². The van der Waals surface area contributed by atoms with E-state index in [0.29, 0.717) is 6.41 Å². The van der Waals surface area contributed by atoms with Gasteiger partial charge in [0, 0.05) is 0 Å². The number of carbonyl (C=O) groups is 2. The van der Waals surface area contributed by atoms with Crippen LogP contribution in [0.2, 0.25) is 0 Å². The van der Waals surface area contributed by atoms with Crippen LogP contribution in [-0.2, 0) is 14.3 Å². The predicted molar refractivity (Wildman–Crippen MR) is 80.9 cm³/mol. The van der Waals surface area contributed by atoms with Crippen molar-refractivity contribution in [3.05, 3.63) is 41.0 Å². The molecule has 1 heterocycles. The van der Waals surface area contributed by atoms with Crippen molar-refractivity contribution in [2.45, 2.75) is 19.4 Å². The molecule has 110 valence electrons. The second-order valence-corrected chi connectivity index (χ2v) is 5.36. The van der Waals surface area contributed by atoms with Gasteiger partial charge in [-0.1, -0.05) is 24.3 Å². The van der Waals surface area contributed by atoms with Crippen molar-refractivity contribution in [3.63, 3.8) is 0 Å². The number of methoxy groups -OCH3 is 1. The van der Waals surface area contributed by atoms with Crippen LogP contribution in [0.1, 0.15) is 23.7 Å². The van der Waals surface area contributed by atoms with E-state index < -0.39 is 0 Å². The summed E-state index contributed by atoms with van der Waals surface area (Å²) in [6.07, 6.45) is 0.697. The second-order valence-electron chi connectivity index (χ2n) is 4.51. The Morgan fingerprint density at radius 2 is 2.14 bits per heavy atom. The lowest BCUT2D eigenvalue weighted by Gasteiger charge is -2.15. The first kappa shape index (κ1) is 15.2. The molecule has 1 amide bonds. The smallest absolute Gasteiger partial charge is 0.307 e. The van der Waals surface area contributed by atoms with Crippen molar-refractivity contribution in [1.82, 2.24) is 10.3 Å². The predicted octanol–water partition coefficient (Wildman–Crippen LogP) is 2.47. The summed E-state index contributed by atoms with van der Waals surface area (Å²) in [6, 6.07) is 7.35. The topological polar surface area (TPSA) is 68.3 Å². The minimum absolute atomic E-state index is 0.105. The van der Waals surface area contributed by atoms with Gasteiger partial charge in [-0.05, 0) is 18.1 Å². The summed E-state index contributed by atoms with van der Waals surface area (Å²) in [5, 5.41) is 2.64. The monoisotopic (exact) mass is 304 g/mol. The molecule has 0 saturated heterocycles. The second kappa shape index (κ2) is 6.99. The number of amides is 1. The average Bonchev–Trinajstić information content (AvgIpc) is 2.93. The SMILES string of the molecule is COC(=O)CC(NC=O)c1ccc(-c2scnc2C)cc1. The first-order valence-corrected chi connectivity index (χ1v) is 7.30. The number of rotatable bonds is 6. The molecule has 5 nitrogen and oxygen atoms in total. The van der Waals surface area contributed by atoms with Crippen LogP contribution in [0.15, 0.2) is 29.8 Å². The van der Waals surface area contributed by atoms with Crippen LogP contribution < -0.4 is 5.32 Å². The summed E-state index contributed by atoms with van der Waals surface area (Å²) >= 11 is 1.58. The maximum Gasteiger partial charge on any atom is 0.307 e. The van der Waals surface area contributed by atoms with E-state index in [-0.39, 0.29) is 18.4 Å². The van der Waals surface area contributed by atoms with Crippen LogP contribution in [0.3, 0.4) is 0 Å². The molecule has 0 radical (unpaired) electrons. The van der Waals surface area contributed by atoms with Gasteiger partial charge in [0.25, 0.3) is 0 Å². The van der Waals surface area contributed by atoms with Crippen molar-refractivity contribution in [1.29, 1.82) is 0 Å². The summed E-state index contributed by atoms with van der Waals surface area (Å²) in [6.45, 7) is 1.97. The molecule has 0 aliphatic carbocycles. The van der Waals surface area contributed by atoms with E-state index >= 15 is 0 Å². The van der Waals surface area contributed by atoms with Crippen LogP contribution in [0, 0.1) is 6.92 Å². The molecule has 0 aliphatic rings. The maximum absolute atomic E-state index is 11.4. The minimum atomic E-state index is -0.383. The van der Waals surface area contributed by atoms with E-state index in [4.69, 9.17) is 0 Å². The van der Waals surface area contributed by atoms with Gasteiger partial charge in [0.15, 0.2) is 0 Å². The van der Waals surface area contributed by atoms with E-state index in [9.17, 15) is 9.59 Å². The van der Waals surface area contributed by atoms with Crippen molar-refractivity contribution in [2.24, 2.45) is 0 Å². The number of thiazole rings is 1. The summed E-state index contributed by atoms with van der Waals surface area (Å²) in [5.41, 5.74) is 4.73. The van der Waals surface area contributed by atoms with E-state index in [1.807, 2.05) is 36.7 Å². The van der Waals surface area contributed by atoms with E-state index in [1.54, 1.807) is 11.3 Å². The molecule has 1 aromatic heterocycles. The highest BCUT2D eigenvalue weighted by Gasteiger charge is 2.16.